The summed E-state index contributed by atoms with van der Waals surface area (Å²) in [6, 6.07) is -0.128. The third-order valence-electron chi connectivity index (χ3n) is 3.40. The van der Waals surface area contributed by atoms with Crippen LogP contribution in [0.3, 0.4) is 0 Å². The molecule has 2 N–H and O–H groups in total. The number of ether oxygens (including phenoxy) is 1. The van der Waals surface area contributed by atoms with E-state index in [9.17, 15) is 0 Å². The molecule has 1 fully saturated rings. The Morgan fingerprint density at radius 2 is 2.50 bits per heavy atom. The van der Waals surface area contributed by atoms with E-state index in [1.807, 2.05) is 12.4 Å². The van der Waals surface area contributed by atoms with Crippen LogP contribution in [0.2, 0.25) is 0 Å². The lowest BCUT2D eigenvalue weighted by Crippen LogP contribution is -2.39. The minimum atomic E-state index is -0.239. The van der Waals surface area contributed by atoms with E-state index >= 15 is 0 Å². The number of hydrogen-bond donors (Lipinski definition) is 1. The van der Waals surface area contributed by atoms with Crippen molar-refractivity contribution < 1.29 is 4.74 Å². The summed E-state index contributed by atoms with van der Waals surface area (Å²) in [5, 5.41) is 0. The minimum absolute atomic E-state index is 0.128. The first kappa shape index (κ1) is 11.6. The molecule has 1 aromatic rings. The summed E-state index contributed by atoms with van der Waals surface area (Å²) < 4.78 is 7.92. The number of rotatable bonds is 4. The molecule has 16 heavy (non-hydrogen) atoms. The predicted molar refractivity (Wildman–Crippen MR) is 63.0 cm³/mol. The van der Waals surface area contributed by atoms with Crippen molar-refractivity contribution >= 4 is 0 Å². The van der Waals surface area contributed by atoms with E-state index < -0.39 is 0 Å². The summed E-state index contributed by atoms with van der Waals surface area (Å²) in [7, 11) is 0. The second-order valence-corrected chi connectivity index (χ2v) is 4.72. The van der Waals surface area contributed by atoms with Crippen LogP contribution < -0.4 is 5.73 Å². The fraction of sp³-hybridized carbons (Fsp3) is 0.750. The molecule has 2 heterocycles. The molecule has 1 aromatic heterocycles. The largest absolute Gasteiger partial charge is 0.373 e. The minimum Gasteiger partial charge on any atom is -0.373 e. The quantitative estimate of drug-likeness (QED) is 0.847. The van der Waals surface area contributed by atoms with Gasteiger partial charge >= 0.3 is 0 Å². The first-order chi connectivity index (χ1) is 7.67. The van der Waals surface area contributed by atoms with Crippen LogP contribution >= 0.6 is 0 Å². The van der Waals surface area contributed by atoms with Gasteiger partial charge in [0.2, 0.25) is 0 Å². The van der Waals surface area contributed by atoms with E-state index in [4.69, 9.17) is 10.5 Å². The van der Waals surface area contributed by atoms with Crippen LogP contribution in [-0.2, 0) is 11.3 Å². The Hall–Kier alpha value is -0.870. The fourth-order valence-electron chi connectivity index (χ4n) is 2.35. The molecule has 2 atom stereocenters. The van der Waals surface area contributed by atoms with Crippen molar-refractivity contribution in [3.63, 3.8) is 0 Å². The molecular weight excluding hydrogens is 202 g/mol. The zero-order valence-corrected chi connectivity index (χ0v) is 10.1. The second-order valence-electron chi connectivity index (χ2n) is 4.72. The van der Waals surface area contributed by atoms with Gasteiger partial charge in [0.15, 0.2) is 0 Å². The van der Waals surface area contributed by atoms with Crippen LogP contribution in [0.15, 0.2) is 12.4 Å². The van der Waals surface area contributed by atoms with E-state index in [0.717, 1.165) is 38.2 Å². The van der Waals surface area contributed by atoms with Crippen molar-refractivity contribution in [2.45, 2.75) is 51.3 Å². The number of imidazole rings is 1. The number of aromatic nitrogens is 2. The van der Waals surface area contributed by atoms with E-state index in [-0.39, 0.29) is 11.6 Å². The zero-order valence-electron chi connectivity index (χ0n) is 10.1. The summed E-state index contributed by atoms with van der Waals surface area (Å²) in [6.07, 6.45) is 7.03. The van der Waals surface area contributed by atoms with Crippen LogP contribution in [0.5, 0.6) is 0 Å². The van der Waals surface area contributed by atoms with Gasteiger partial charge in [0.05, 0.1) is 11.6 Å². The monoisotopic (exact) mass is 223 g/mol. The SMILES string of the molecule is CCCn1ccnc1C(N)C1(C)CCCO1. The highest BCUT2D eigenvalue weighted by molar-refractivity contribution is 5.07. The summed E-state index contributed by atoms with van der Waals surface area (Å²) >= 11 is 0. The topological polar surface area (TPSA) is 53.1 Å². The normalized spacial score (nSPS) is 27.2. The third-order valence-corrected chi connectivity index (χ3v) is 3.40. The first-order valence-electron chi connectivity index (χ1n) is 6.08. The molecule has 1 aliphatic rings. The average Bonchev–Trinajstić information content (AvgIpc) is 2.88. The van der Waals surface area contributed by atoms with Crippen molar-refractivity contribution in [1.82, 2.24) is 9.55 Å². The lowest BCUT2D eigenvalue weighted by Gasteiger charge is -2.30. The zero-order chi connectivity index (χ0) is 11.6. The predicted octanol–water partition coefficient (Wildman–Crippen LogP) is 1.86. The number of nitrogens with zero attached hydrogens (tertiary/aromatic N) is 2. The Balaban J connectivity index is 2.19. The molecule has 2 rings (SSSR count). The molecule has 0 aromatic carbocycles. The number of hydrogen-bond acceptors (Lipinski definition) is 3. The van der Waals surface area contributed by atoms with E-state index in [1.165, 1.54) is 0 Å². The Kier molecular flexibility index (Phi) is 3.30. The van der Waals surface area contributed by atoms with E-state index in [2.05, 4.69) is 23.4 Å². The summed E-state index contributed by atoms with van der Waals surface area (Å²) in [5.41, 5.74) is 6.06. The van der Waals surface area contributed by atoms with Gasteiger partial charge in [0.1, 0.15) is 5.82 Å². The van der Waals surface area contributed by atoms with Gasteiger partial charge in [-0.15, -0.1) is 0 Å². The van der Waals surface area contributed by atoms with Gasteiger partial charge in [-0.05, 0) is 26.2 Å². The molecule has 0 bridgehead atoms. The summed E-state index contributed by atoms with van der Waals surface area (Å²) in [4.78, 5) is 4.38. The van der Waals surface area contributed by atoms with Crippen LogP contribution in [-0.4, -0.2) is 21.8 Å². The maximum Gasteiger partial charge on any atom is 0.128 e. The lowest BCUT2D eigenvalue weighted by atomic mass is 9.93. The van der Waals surface area contributed by atoms with Crippen molar-refractivity contribution in [3.05, 3.63) is 18.2 Å². The van der Waals surface area contributed by atoms with Gasteiger partial charge in [0.25, 0.3) is 0 Å². The molecule has 1 saturated heterocycles. The number of aryl methyl sites for hydroxylation is 1. The highest BCUT2D eigenvalue weighted by Crippen LogP contribution is 2.35. The second kappa shape index (κ2) is 4.55. The number of nitrogens with two attached hydrogens (primary N) is 1. The van der Waals surface area contributed by atoms with Gasteiger partial charge in [0, 0.05) is 25.5 Å². The maximum atomic E-state index is 6.30. The molecule has 0 saturated carbocycles. The van der Waals surface area contributed by atoms with Crippen molar-refractivity contribution in [3.8, 4) is 0 Å². The molecule has 0 radical (unpaired) electrons. The average molecular weight is 223 g/mol. The lowest BCUT2D eigenvalue weighted by molar-refractivity contribution is -0.00471. The molecule has 0 aliphatic carbocycles. The van der Waals surface area contributed by atoms with Crippen molar-refractivity contribution in [2.24, 2.45) is 5.73 Å². The van der Waals surface area contributed by atoms with Crippen LogP contribution in [0.1, 0.15) is 45.0 Å². The Morgan fingerprint density at radius 1 is 1.69 bits per heavy atom. The van der Waals surface area contributed by atoms with Crippen LogP contribution in [0.4, 0.5) is 0 Å². The molecule has 90 valence electrons. The molecule has 4 nitrogen and oxygen atoms in total. The van der Waals surface area contributed by atoms with E-state index in [1.54, 1.807) is 0 Å². The Morgan fingerprint density at radius 3 is 3.12 bits per heavy atom. The standard InChI is InChI=1S/C12H21N3O/c1-3-7-15-8-6-14-11(15)10(13)12(2)5-4-9-16-12/h6,8,10H,3-5,7,9,13H2,1-2H3. The molecule has 0 spiro atoms. The first-order valence-corrected chi connectivity index (χ1v) is 6.08. The molecular formula is C12H21N3O. The summed E-state index contributed by atoms with van der Waals surface area (Å²) in [6.45, 7) is 6.04. The van der Waals surface area contributed by atoms with E-state index in [0.29, 0.717) is 0 Å². The molecule has 4 heteroatoms. The van der Waals surface area contributed by atoms with Gasteiger partial charge in [-0.1, -0.05) is 6.92 Å². The van der Waals surface area contributed by atoms with Crippen molar-refractivity contribution in [1.29, 1.82) is 0 Å². The fourth-order valence-corrected chi connectivity index (χ4v) is 2.35. The Labute approximate surface area is 96.8 Å². The van der Waals surface area contributed by atoms with Crippen molar-refractivity contribution in [2.75, 3.05) is 6.61 Å². The molecule has 1 aliphatic heterocycles. The molecule has 0 amide bonds. The van der Waals surface area contributed by atoms with Crippen LogP contribution in [0.25, 0.3) is 0 Å². The molecule has 2 unspecified atom stereocenters. The summed E-state index contributed by atoms with van der Waals surface area (Å²) in [5.74, 6) is 0.950. The van der Waals surface area contributed by atoms with Crippen LogP contribution in [0, 0.1) is 0 Å². The van der Waals surface area contributed by atoms with Gasteiger partial charge in [-0.2, -0.15) is 0 Å². The van der Waals surface area contributed by atoms with Gasteiger partial charge in [-0.3, -0.25) is 0 Å². The Bertz CT molecular complexity index is 342. The third kappa shape index (κ3) is 1.99. The smallest absolute Gasteiger partial charge is 0.128 e. The maximum absolute atomic E-state index is 6.30. The van der Waals surface area contributed by atoms with Gasteiger partial charge in [-0.25, -0.2) is 4.98 Å². The van der Waals surface area contributed by atoms with Gasteiger partial charge < -0.3 is 15.0 Å². The highest BCUT2D eigenvalue weighted by atomic mass is 16.5. The highest BCUT2D eigenvalue weighted by Gasteiger charge is 2.39.